The van der Waals surface area contributed by atoms with Crippen molar-refractivity contribution in [2.45, 2.75) is 45.4 Å². The van der Waals surface area contributed by atoms with Gasteiger partial charge in [-0.25, -0.2) is 4.79 Å². The van der Waals surface area contributed by atoms with Crippen LogP contribution in [0.25, 0.3) is 10.9 Å². The van der Waals surface area contributed by atoms with Crippen molar-refractivity contribution < 1.29 is 14.6 Å². The molecule has 2 aromatic carbocycles. The zero-order valence-corrected chi connectivity index (χ0v) is 21.3. The number of anilines is 1. The number of fused-ring (bicyclic) bond motifs is 1. The van der Waals surface area contributed by atoms with Crippen LogP contribution < -0.4 is 4.90 Å². The van der Waals surface area contributed by atoms with E-state index in [1.807, 2.05) is 55.9 Å². The molecule has 1 saturated heterocycles. The van der Waals surface area contributed by atoms with E-state index in [1.54, 1.807) is 11.0 Å². The second-order valence-electron chi connectivity index (χ2n) is 9.63. The van der Waals surface area contributed by atoms with E-state index in [2.05, 4.69) is 23.0 Å². The zero-order chi connectivity index (χ0) is 24.6. The molecule has 1 fully saturated rings. The van der Waals surface area contributed by atoms with Crippen molar-refractivity contribution >= 4 is 45.9 Å². The molecule has 9 heteroatoms. The first-order chi connectivity index (χ1) is 16.1. The van der Waals surface area contributed by atoms with Crippen molar-refractivity contribution in [2.24, 2.45) is 0 Å². The third-order valence-corrected chi connectivity index (χ3v) is 6.61. The Kier molecular flexibility index (Phi) is 6.99. The quantitative estimate of drug-likeness (QED) is 0.516. The molecule has 1 aliphatic rings. The molecule has 2 heterocycles. The number of hydrogen-bond acceptors (Lipinski definition) is 5. The van der Waals surface area contributed by atoms with E-state index in [0.717, 1.165) is 22.2 Å². The molecule has 2 atom stereocenters. The van der Waals surface area contributed by atoms with Crippen LogP contribution in [-0.2, 0) is 4.74 Å². The van der Waals surface area contributed by atoms with Crippen LogP contribution in [0.1, 0.15) is 39.3 Å². The van der Waals surface area contributed by atoms with Gasteiger partial charge in [-0.2, -0.15) is 5.10 Å². The highest BCUT2D eigenvalue weighted by Crippen LogP contribution is 2.32. The Labute approximate surface area is 209 Å². The molecule has 182 valence electrons. The number of hydrogen-bond donors (Lipinski definition) is 1. The normalized spacial score (nSPS) is 17.8. The van der Waals surface area contributed by atoms with Crippen LogP contribution in [0.2, 0.25) is 10.0 Å². The molecule has 3 aromatic rings. The highest BCUT2D eigenvalue weighted by atomic mass is 35.5. The van der Waals surface area contributed by atoms with Gasteiger partial charge in [-0.05, 0) is 63.6 Å². The van der Waals surface area contributed by atoms with Gasteiger partial charge in [-0.3, -0.25) is 9.58 Å². The van der Waals surface area contributed by atoms with Gasteiger partial charge in [0.2, 0.25) is 0 Å². The lowest BCUT2D eigenvalue weighted by Gasteiger charge is -2.42. The van der Waals surface area contributed by atoms with Crippen molar-refractivity contribution in [3.8, 4) is 0 Å². The molecule has 0 spiro atoms. The topological polar surface area (TPSA) is 70.8 Å². The molecule has 0 saturated carbocycles. The van der Waals surface area contributed by atoms with E-state index in [4.69, 9.17) is 27.9 Å². The summed E-state index contributed by atoms with van der Waals surface area (Å²) in [5.74, 6) is 0. The van der Waals surface area contributed by atoms with Gasteiger partial charge in [0.15, 0.2) is 0 Å². The molecular formula is C25H30Cl2N4O3. The Bertz CT molecular complexity index is 1190. The number of aliphatic hydroxyl groups excluding tert-OH is 1. The number of aliphatic hydroxyl groups is 1. The summed E-state index contributed by atoms with van der Waals surface area (Å²) in [6.07, 6.45) is 1.45. The molecule has 1 N–H and O–H groups in total. The number of ether oxygens (including phenoxy) is 1. The lowest BCUT2D eigenvalue weighted by Crippen LogP contribution is -2.57. The van der Waals surface area contributed by atoms with Crippen molar-refractivity contribution in [3.05, 3.63) is 58.2 Å². The van der Waals surface area contributed by atoms with E-state index >= 15 is 0 Å². The third kappa shape index (κ3) is 5.11. The zero-order valence-electron chi connectivity index (χ0n) is 19.8. The highest BCUT2D eigenvalue weighted by Gasteiger charge is 2.33. The molecule has 1 aliphatic heterocycles. The van der Waals surface area contributed by atoms with Gasteiger partial charge < -0.3 is 14.7 Å². The van der Waals surface area contributed by atoms with E-state index < -0.39 is 11.7 Å². The first-order valence-electron chi connectivity index (χ1n) is 11.3. The monoisotopic (exact) mass is 504 g/mol. The molecule has 0 radical (unpaired) electrons. The van der Waals surface area contributed by atoms with Crippen molar-refractivity contribution in [3.63, 3.8) is 0 Å². The molecule has 0 bridgehead atoms. The summed E-state index contributed by atoms with van der Waals surface area (Å²) in [5, 5.41) is 16.8. The maximum absolute atomic E-state index is 12.6. The molecule has 1 amide bonds. The summed E-state index contributed by atoms with van der Waals surface area (Å²) >= 11 is 12.5. The number of aromatic nitrogens is 2. The third-order valence-electron chi connectivity index (χ3n) is 6.05. The van der Waals surface area contributed by atoms with Crippen LogP contribution in [0, 0.1) is 0 Å². The second-order valence-corrected chi connectivity index (χ2v) is 10.5. The Morgan fingerprint density at radius 1 is 1.21 bits per heavy atom. The molecule has 0 aliphatic carbocycles. The maximum Gasteiger partial charge on any atom is 0.410 e. The molecular weight excluding hydrogens is 475 g/mol. The number of carbonyl (C=O) groups excluding carboxylic acids is 1. The molecule has 1 aromatic heterocycles. The predicted octanol–water partition coefficient (Wildman–Crippen LogP) is 5.37. The lowest BCUT2D eigenvalue weighted by molar-refractivity contribution is 0.00704. The number of amides is 1. The van der Waals surface area contributed by atoms with Gasteiger partial charge >= 0.3 is 6.09 Å². The maximum atomic E-state index is 12.6. The second kappa shape index (κ2) is 9.64. The minimum Gasteiger partial charge on any atom is -0.444 e. The van der Waals surface area contributed by atoms with Gasteiger partial charge in [-0.15, -0.1) is 0 Å². The van der Waals surface area contributed by atoms with Crippen LogP contribution >= 0.6 is 23.2 Å². The van der Waals surface area contributed by atoms with Gasteiger partial charge in [0.1, 0.15) is 5.60 Å². The number of piperazine rings is 1. The standard InChI is InChI=1S/C25H30Cl2N4O3/c1-16(21-8-6-18(26)11-22(21)27)31-23-12-19(7-5-17(23)13-28-31)29-9-10-30(20(14-29)15-32)24(33)34-25(2,3)4/h5-8,11-13,16,20,32H,9-10,14-15H2,1-4H3/t16-,20?/m1/s1. The van der Waals surface area contributed by atoms with Crippen molar-refractivity contribution in [2.75, 3.05) is 31.1 Å². The van der Waals surface area contributed by atoms with Crippen molar-refractivity contribution in [1.82, 2.24) is 14.7 Å². The fourth-order valence-electron chi connectivity index (χ4n) is 4.31. The van der Waals surface area contributed by atoms with Crippen LogP contribution in [0.3, 0.4) is 0 Å². The summed E-state index contributed by atoms with van der Waals surface area (Å²) in [4.78, 5) is 16.4. The minimum absolute atomic E-state index is 0.0910. The van der Waals surface area contributed by atoms with Gasteiger partial charge in [-0.1, -0.05) is 29.3 Å². The minimum atomic E-state index is -0.582. The van der Waals surface area contributed by atoms with Crippen LogP contribution in [0.15, 0.2) is 42.6 Å². The first-order valence-corrected chi connectivity index (χ1v) is 12.1. The van der Waals surface area contributed by atoms with Crippen LogP contribution in [0.4, 0.5) is 10.5 Å². The van der Waals surface area contributed by atoms with Gasteiger partial charge in [0.25, 0.3) is 0 Å². The van der Waals surface area contributed by atoms with E-state index in [1.165, 1.54) is 0 Å². The predicted molar refractivity (Wildman–Crippen MR) is 136 cm³/mol. The highest BCUT2D eigenvalue weighted by molar-refractivity contribution is 6.35. The average molecular weight is 505 g/mol. The Hall–Kier alpha value is -2.48. The Balaban J connectivity index is 1.58. The van der Waals surface area contributed by atoms with E-state index in [0.29, 0.717) is 29.7 Å². The number of nitrogens with zero attached hydrogens (tertiary/aromatic N) is 4. The summed E-state index contributed by atoms with van der Waals surface area (Å²) in [6, 6.07) is 11.2. The Morgan fingerprint density at radius 3 is 2.65 bits per heavy atom. The first kappa shape index (κ1) is 24.6. The number of rotatable bonds is 4. The van der Waals surface area contributed by atoms with Crippen molar-refractivity contribution in [1.29, 1.82) is 0 Å². The number of benzene rings is 2. The molecule has 34 heavy (non-hydrogen) atoms. The van der Waals surface area contributed by atoms with Gasteiger partial charge in [0, 0.05) is 40.8 Å². The average Bonchev–Trinajstić information content (AvgIpc) is 3.20. The molecule has 4 rings (SSSR count). The van der Waals surface area contributed by atoms with Crippen LogP contribution in [0.5, 0.6) is 0 Å². The van der Waals surface area contributed by atoms with Crippen LogP contribution in [-0.4, -0.2) is 63.8 Å². The fraction of sp³-hybridized carbons (Fsp3) is 0.440. The smallest absolute Gasteiger partial charge is 0.410 e. The van der Waals surface area contributed by atoms with E-state index in [9.17, 15) is 9.90 Å². The molecule has 1 unspecified atom stereocenters. The SMILES string of the molecule is C[C@H](c1ccc(Cl)cc1Cl)n1ncc2ccc(N3CCN(C(=O)OC(C)(C)C)C(CO)C3)cc21. The Morgan fingerprint density at radius 2 is 1.97 bits per heavy atom. The lowest BCUT2D eigenvalue weighted by atomic mass is 10.1. The summed E-state index contributed by atoms with van der Waals surface area (Å²) in [5.41, 5.74) is 2.34. The fourth-order valence-corrected chi connectivity index (χ4v) is 4.88. The largest absolute Gasteiger partial charge is 0.444 e. The summed E-state index contributed by atoms with van der Waals surface area (Å²) in [7, 11) is 0. The van der Waals surface area contributed by atoms with E-state index in [-0.39, 0.29) is 18.7 Å². The van der Waals surface area contributed by atoms with Gasteiger partial charge in [0.05, 0.1) is 30.4 Å². The summed E-state index contributed by atoms with van der Waals surface area (Å²) in [6.45, 7) is 9.04. The summed E-state index contributed by atoms with van der Waals surface area (Å²) < 4.78 is 7.48. The number of halogens is 2. The number of carbonyl (C=O) groups is 1. The molecule has 7 nitrogen and oxygen atoms in total.